The number of piperazine rings is 1. The molecule has 4 heterocycles. The van der Waals surface area contributed by atoms with Crippen molar-refractivity contribution in [3.8, 4) is 16.8 Å². The fourth-order valence-electron chi connectivity index (χ4n) is 6.63. The molecule has 0 saturated carbocycles. The van der Waals surface area contributed by atoms with E-state index >= 15 is 0 Å². The Hall–Kier alpha value is -2.88. The minimum atomic E-state index is -0.641. The highest BCUT2D eigenvalue weighted by atomic mass is 35.5. The van der Waals surface area contributed by atoms with Crippen LogP contribution in [0.15, 0.2) is 47.9 Å². The molecule has 1 amide bonds. The van der Waals surface area contributed by atoms with Crippen LogP contribution in [0.3, 0.4) is 0 Å². The maximum absolute atomic E-state index is 14.5. The summed E-state index contributed by atoms with van der Waals surface area (Å²) in [7, 11) is 8.75. The Morgan fingerprint density at radius 3 is 2.58 bits per heavy atom. The first kappa shape index (κ1) is 32.1. The van der Waals surface area contributed by atoms with E-state index in [1.54, 1.807) is 15.7 Å². The van der Waals surface area contributed by atoms with Crippen molar-refractivity contribution in [2.75, 3.05) is 29.9 Å². The first-order valence-corrected chi connectivity index (χ1v) is 17.1. The molecule has 0 bridgehead atoms. The van der Waals surface area contributed by atoms with E-state index in [0.29, 0.717) is 36.0 Å². The molecule has 6 rings (SSSR count). The second-order valence-electron chi connectivity index (χ2n) is 12.3. The lowest BCUT2D eigenvalue weighted by atomic mass is 9.90. The van der Waals surface area contributed by atoms with Crippen LogP contribution in [-0.2, 0) is 9.82 Å². The van der Waals surface area contributed by atoms with Crippen molar-refractivity contribution >= 4 is 72.9 Å². The molecule has 4 atom stereocenters. The van der Waals surface area contributed by atoms with Gasteiger partial charge in [0.25, 0.3) is 0 Å². The fourth-order valence-corrected chi connectivity index (χ4v) is 8.09. The Morgan fingerprint density at radius 1 is 1.18 bits per heavy atom. The number of carbonyl (C=O) groups is 1. The lowest BCUT2D eigenvalue weighted by Crippen LogP contribution is -2.54. The molecule has 2 aliphatic heterocycles. The largest absolute Gasteiger partial charge is 0.367 e. The van der Waals surface area contributed by atoms with E-state index in [1.807, 2.05) is 26.0 Å². The van der Waals surface area contributed by atoms with Gasteiger partial charge < -0.3 is 15.1 Å². The number of fused-ring (bicyclic) bond motifs is 5. The zero-order valence-electron chi connectivity index (χ0n) is 26.1. The Bertz CT molecular complexity index is 1980. The molecule has 2 aliphatic rings. The van der Waals surface area contributed by atoms with E-state index in [9.17, 15) is 9.59 Å². The summed E-state index contributed by atoms with van der Waals surface area (Å²) in [6, 6.07) is 7.99. The number of amides is 1. The fraction of sp³-hybridized carbons (Fsp3) is 0.333. The quantitative estimate of drug-likeness (QED) is 0.216. The zero-order valence-corrected chi connectivity index (χ0v) is 30.3. The van der Waals surface area contributed by atoms with Crippen LogP contribution in [0.4, 0.5) is 11.5 Å². The third-order valence-electron chi connectivity index (χ3n) is 8.91. The Morgan fingerprint density at radius 2 is 1.91 bits per heavy atom. The van der Waals surface area contributed by atoms with Crippen LogP contribution in [0.2, 0.25) is 5.02 Å². The maximum atomic E-state index is 14.5. The number of carbonyl (C=O) groups excluding carboxylic acids is 1. The maximum Gasteiger partial charge on any atom is 0.354 e. The average Bonchev–Trinajstić information content (AvgIpc) is 2.98. The second kappa shape index (κ2) is 11.7. The van der Waals surface area contributed by atoms with E-state index in [4.69, 9.17) is 21.6 Å². The predicted octanol–water partition coefficient (Wildman–Crippen LogP) is 5.85. The Kier molecular flexibility index (Phi) is 8.36. The lowest BCUT2D eigenvalue weighted by molar-refractivity contribution is -0.126. The monoisotopic (exact) mass is 678 g/mol. The van der Waals surface area contributed by atoms with Gasteiger partial charge >= 0.3 is 5.69 Å². The first-order valence-electron chi connectivity index (χ1n) is 15.0. The molecule has 45 heavy (non-hydrogen) atoms. The summed E-state index contributed by atoms with van der Waals surface area (Å²) < 4.78 is 1.72. The lowest BCUT2D eigenvalue weighted by Gasteiger charge is -2.41. The molecule has 4 aromatic rings. The molecular formula is C33H38ClN6O2P3. The average molecular weight is 679 g/mol. The van der Waals surface area contributed by atoms with E-state index < -0.39 is 10.7 Å². The Labute approximate surface area is 275 Å². The predicted molar refractivity (Wildman–Crippen MR) is 197 cm³/mol. The molecule has 0 aliphatic carbocycles. The molecule has 3 unspecified atom stereocenters. The number of rotatable bonds is 4. The highest BCUT2D eigenvalue weighted by Gasteiger charge is 2.37. The van der Waals surface area contributed by atoms with E-state index in [1.165, 1.54) is 6.08 Å². The van der Waals surface area contributed by atoms with Crippen molar-refractivity contribution in [2.45, 2.75) is 51.6 Å². The summed E-state index contributed by atoms with van der Waals surface area (Å²) in [6.45, 7) is 15.4. The molecule has 2 aromatic heterocycles. The molecule has 0 spiro atoms. The summed E-state index contributed by atoms with van der Waals surface area (Å²) >= 11 is 7.28. The smallest absolute Gasteiger partial charge is 0.354 e. The standard InChI is InChI=1S/C33H38ClN6O2P3/c1-7-23(41)38-12-13-39(19(6)15-38)31-20-14-22(34)25-24-21(9-8-18(5)30(24)43)33(44,45)37-27(25)29(20)40(32(42)36-31)28-17(4)10-11-35-26(28)16(2)3/h7-11,14,16,19,37H,1,12-13,15,43-45H2,2-6H3/t19-/m0/s1. The molecule has 1 N–H and O–H groups in total. The number of aromatic nitrogens is 3. The molecule has 2 aromatic carbocycles. The molecule has 0 radical (unpaired) electrons. The number of halogens is 1. The second-order valence-corrected chi connectivity index (χ2v) is 15.8. The minimum Gasteiger partial charge on any atom is -0.367 e. The summed E-state index contributed by atoms with van der Waals surface area (Å²) in [6.07, 6.45) is 3.13. The normalized spacial score (nSPS) is 17.2. The van der Waals surface area contributed by atoms with Crippen LogP contribution >= 0.6 is 39.3 Å². The highest BCUT2D eigenvalue weighted by Crippen LogP contribution is 2.55. The van der Waals surface area contributed by atoms with Crippen molar-refractivity contribution in [3.63, 3.8) is 0 Å². The van der Waals surface area contributed by atoms with Gasteiger partial charge in [0.05, 0.1) is 32.6 Å². The van der Waals surface area contributed by atoms with Crippen molar-refractivity contribution in [3.05, 3.63) is 81.0 Å². The summed E-state index contributed by atoms with van der Waals surface area (Å²) in [4.78, 5) is 40.3. The number of hydrogen-bond donors (Lipinski definition) is 1. The number of anilines is 2. The van der Waals surface area contributed by atoms with Gasteiger partial charge in [-0.15, -0.1) is 27.7 Å². The summed E-state index contributed by atoms with van der Waals surface area (Å²) in [5, 5.41) is 5.44. The molecular weight excluding hydrogens is 641 g/mol. The summed E-state index contributed by atoms with van der Waals surface area (Å²) in [5.74, 6) is 0.490. The number of benzene rings is 2. The van der Waals surface area contributed by atoms with Crippen LogP contribution < -0.4 is 21.2 Å². The number of hydrogen-bond acceptors (Lipinski definition) is 6. The van der Waals surface area contributed by atoms with Gasteiger partial charge in [-0.25, -0.2) is 4.79 Å². The van der Waals surface area contributed by atoms with Crippen molar-refractivity contribution < 1.29 is 4.79 Å². The van der Waals surface area contributed by atoms with Gasteiger partial charge in [0, 0.05) is 42.8 Å². The van der Waals surface area contributed by atoms with E-state index in [2.05, 4.69) is 77.4 Å². The molecule has 12 heteroatoms. The summed E-state index contributed by atoms with van der Waals surface area (Å²) in [5.41, 5.74) is 7.50. The first-order chi connectivity index (χ1) is 21.3. The number of pyridine rings is 1. The van der Waals surface area contributed by atoms with Crippen molar-refractivity contribution in [2.24, 2.45) is 0 Å². The molecule has 1 fully saturated rings. The van der Waals surface area contributed by atoms with Crippen LogP contribution in [-0.4, -0.2) is 51.0 Å². The van der Waals surface area contributed by atoms with Gasteiger partial charge in [0.1, 0.15) is 5.82 Å². The topological polar surface area (TPSA) is 83.4 Å². The van der Waals surface area contributed by atoms with Gasteiger partial charge in [0.2, 0.25) is 5.91 Å². The Balaban J connectivity index is 1.75. The molecule has 8 nitrogen and oxygen atoms in total. The zero-order chi connectivity index (χ0) is 32.5. The van der Waals surface area contributed by atoms with E-state index in [0.717, 1.165) is 55.6 Å². The highest BCUT2D eigenvalue weighted by molar-refractivity contribution is 7.39. The van der Waals surface area contributed by atoms with Gasteiger partial charge in [-0.2, -0.15) is 4.98 Å². The number of nitrogens with one attached hydrogen (secondary N) is 1. The third kappa shape index (κ3) is 5.19. The van der Waals surface area contributed by atoms with Crippen LogP contribution in [0.25, 0.3) is 27.7 Å². The SMILES string of the molecule is C=CC(=O)N1CCN(c2nc(=O)n(-c3c(C)ccnc3C(C)C)c3c4c(c(Cl)cc23)-c2c(ccc(C)c2P)C(P)(P)N4)[C@@H](C)C1. The van der Waals surface area contributed by atoms with Crippen molar-refractivity contribution in [1.29, 1.82) is 0 Å². The van der Waals surface area contributed by atoms with Gasteiger partial charge in [-0.3, -0.25) is 14.3 Å². The number of aryl methyl sites for hydroxylation is 2. The minimum absolute atomic E-state index is 0.0534. The third-order valence-corrected chi connectivity index (χ3v) is 10.9. The van der Waals surface area contributed by atoms with Crippen LogP contribution in [0, 0.1) is 13.8 Å². The van der Waals surface area contributed by atoms with Crippen LogP contribution in [0.5, 0.6) is 0 Å². The molecule has 234 valence electrons. The van der Waals surface area contributed by atoms with Gasteiger partial charge in [-0.1, -0.05) is 44.2 Å². The van der Waals surface area contributed by atoms with Crippen molar-refractivity contribution in [1.82, 2.24) is 19.4 Å². The van der Waals surface area contributed by atoms with Gasteiger partial charge in [-0.05, 0) is 72.5 Å². The van der Waals surface area contributed by atoms with E-state index in [-0.39, 0.29) is 17.9 Å². The molecule has 1 saturated heterocycles. The van der Waals surface area contributed by atoms with Gasteiger partial charge in [0.15, 0.2) is 0 Å². The number of nitrogens with zero attached hydrogens (tertiary/aromatic N) is 5. The van der Waals surface area contributed by atoms with Crippen LogP contribution in [0.1, 0.15) is 49.1 Å².